The minimum atomic E-state index is -1.18. The molecule has 4 atom stereocenters. The van der Waals surface area contributed by atoms with Crippen LogP contribution in [0.15, 0.2) is 40.0 Å². The van der Waals surface area contributed by atoms with Crippen LogP contribution in [0.1, 0.15) is 24.7 Å². The minimum Gasteiger partial charge on any atom is -0.488 e. The van der Waals surface area contributed by atoms with Gasteiger partial charge in [-0.2, -0.15) is 5.21 Å². The highest BCUT2D eigenvalue weighted by atomic mass is 32.2. The zero-order valence-corrected chi connectivity index (χ0v) is 17.7. The normalized spacial score (nSPS) is 22.5. The number of H-pyrrole nitrogens is 1. The molecule has 0 spiro atoms. The second-order valence-corrected chi connectivity index (χ2v) is 9.39. The van der Waals surface area contributed by atoms with Crippen molar-refractivity contribution in [2.75, 3.05) is 6.61 Å². The highest BCUT2D eigenvalue weighted by Gasteiger charge is 2.57. The van der Waals surface area contributed by atoms with Gasteiger partial charge in [-0.15, -0.1) is 10.2 Å². The number of nitrogens with zero attached hydrogens (tertiary/aromatic N) is 4. The molecule has 1 fully saturated rings. The molecule has 10 nitrogen and oxygen atoms in total. The predicted molar refractivity (Wildman–Crippen MR) is 108 cm³/mol. The lowest BCUT2D eigenvalue weighted by atomic mass is 9.92. The SMILES string of the molecule is CC(Sc1nn[nH]n1)c1ccc(OCC2=C(C(=O)O)N3C(=O)[C@H]([C@@H](C)O)[C@H]3S2)cc1. The van der Waals surface area contributed by atoms with E-state index >= 15 is 0 Å². The van der Waals surface area contributed by atoms with Gasteiger partial charge in [-0.05, 0) is 36.8 Å². The van der Waals surface area contributed by atoms with Crippen LogP contribution in [0.2, 0.25) is 0 Å². The third-order valence-electron chi connectivity index (χ3n) is 4.90. The van der Waals surface area contributed by atoms with E-state index in [1.54, 1.807) is 0 Å². The highest BCUT2D eigenvalue weighted by molar-refractivity contribution is 8.04. The number of carbonyl (C=O) groups is 2. The minimum absolute atomic E-state index is 0.0334. The molecule has 2 aliphatic rings. The molecule has 158 valence electrons. The monoisotopic (exact) mass is 449 g/mol. The van der Waals surface area contributed by atoms with Crippen LogP contribution in [0.4, 0.5) is 0 Å². The second-order valence-electron chi connectivity index (χ2n) is 6.87. The molecule has 1 amide bonds. The van der Waals surface area contributed by atoms with Gasteiger partial charge in [0.1, 0.15) is 23.4 Å². The maximum absolute atomic E-state index is 12.2. The molecule has 30 heavy (non-hydrogen) atoms. The molecule has 1 aromatic carbocycles. The average Bonchev–Trinajstić information content (AvgIpc) is 3.32. The fourth-order valence-corrected chi connectivity index (χ4v) is 5.68. The van der Waals surface area contributed by atoms with Gasteiger partial charge in [0.05, 0.1) is 16.9 Å². The summed E-state index contributed by atoms with van der Waals surface area (Å²) in [5.41, 5.74) is 0.987. The number of aromatic amines is 1. The molecule has 4 rings (SSSR count). The van der Waals surface area contributed by atoms with Crippen molar-refractivity contribution in [1.29, 1.82) is 0 Å². The summed E-state index contributed by atoms with van der Waals surface area (Å²) in [6, 6.07) is 7.45. The number of hydrogen-bond acceptors (Lipinski definition) is 9. The van der Waals surface area contributed by atoms with E-state index in [0.717, 1.165) is 5.56 Å². The number of thioether (sulfide) groups is 2. The van der Waals surface area contributed by atoms with E-state index in [1.165, 1.54) is 35.3 Å². The molecule has 1 unspecified atom stereocenters. The number of aromatic nitrogens is 4. The number of carbonyl (C=O) groups excluding carboxylic acids is 1. The second kappa shape index (κ2) is 8.28. The number of rotatable bonds is 8. The Labute approximate surface area is 180 Å². The number of amides is 1. The van der Waals surface area contributed by atoms with Crippen LogP contribution in [0.25, 0.3) is 0 Å². The zero-order valence-electron chi connectivity index (χ0n) is 16.1. The number of aliphatic hydroxyl groups is 1. The standard InChI is InChI=1S/C18H19N5O5S2/c1-8(24)13-15(25)23-14(17(26)27)12(30-16(13)23)7-28-11-5-3-10(4-6-11)9(2)29-18-19-21-22-20-18/h3-6,8-9,13,16,24H,7H2,1-2H3,(H,26,27)(H,19,20,21,22)/t8-,9?,13+,16-/m1/s1. The Morgan fingerprint density at radius 3 is 2.70 bits per heavy atom. The first-order chi connectivity index (χ1) is 14.4. The molecular weight excluding hydrogens is 430 g/mol. The van der Waals surface area contributed by atoms with E-state index in [-0.39, 0.29) is 23.5 Å². The largest absolute Gasteiger partial charge is 0.488 e. The lowest BCUT2D eigenvalue weighted by Gasteiger charge is -2.43. The molecule has 2 aliphatic heterocycles. The van der Waals surface area contributed by atoms with Crippen LogP contribution in [-0.4, -0.2) is 65.7 Å². The van der Waals surface area contributed by atoms with Crippen LogP contribution in [0.5, 0.6) is 5.75 Å². The van der Waals surface area contributed by atoms with Gasteiger partial charge in [0.25, 0.3) is 0 Å². The maximum atomic E-state index is 12.2. The molecule has 1 saturated heterocycles. The first-order valence-electron chi connectivity index (χ1n) is 9.14. The number of carboxylic acids is 1. The third-order valence-corrected chi connectivity index (χ3v) is 7.25. The number of aliphatic hydroxyl groups excluding tert-OH is 1. The number of ether oxygens (including phenoxy) is 1. The van der Waals surface area contributed by atoms with Crippen molar-refractivity contribution in [1.82, 2.24) is 25.5 Å². The molecule has 0 bridgehead atoms. The summed E-state index contributed by atoms with van der Waals surface area (Å²) in [5, 5.41) is 33.4. The Bertz CT molecular complexity index is 979. The van der Waals surface area contributed by atoms with Crippen LogP contribution in [-0.2, 0) is 9.59 Å². The Hall–Kier alpha value is -2.57. The van der Waals surface area contributed by atoms with Crippen LogP contribution >= 0.6 is 23.5 Å². The number of tetrazole rings is 1. The number of hydrogen-bond donors (Lipinski definition) is 3. The number of fused-ring (bicyclic) bond motifs is 1. The Kier molecular flexibility index (Phi) is 5.71. The van der Waals surface area contributed by atoms with Crippen molar-refractivity contribution in [2.45, 2.75) is 35.7 Å². The number of benzene rings is 1. The number of β-lactam (4-membered cyclic amide) rings is 1. The van der Waals surface area contributed by atoms with Crippen molar-refractivity contribution < 1.29 is 24.5 Å². The molecule has 0 saturated carbocycles. The van der Waals surface area contributed by atoms with Gasteiger partial charge >= 0.3 is 5.97 Å². The predicted octanol–water partition coefficient (Wildman–Crippen LogP) is 1.64. The van der Waals surface area contributed by atoms with Crippen LogP contribution in [0, 0.1) is 5.92 Å². The lowest BCUT2D eigenvalue weighted by Crippen LogP contribution is -2.60. The lowest BCUT2D eigenvalue weighted by molar-refractivity contribution is -0.156. The summed E-state index contributed by atoms with van der Waals surface area (Å²) in [4.78, 5) is 25.6. The van der Waals surface area contributed by atoms with Crippen molar-refractivity contribution in [3.8, 4) is 5.75 Å². The fourth-order valence-electron chi connectivity index (χ4n) is 3.37. The quantitative estimate of drug-likeness (QED) is 0.402. The van der Waals surface area contributed by atoms with E-state index in [1.807, 2.05) is 31.2 Å². The summed E-state index contributed by atoms with van der Waals surface area (Å²) < 4.78 is 5.78. The first kappa shape index (κ1) is 20.7. The van der Waals surface area contributed by atoms with Gasteiger partial charge in [-0.1, -0.05) is 35.7 Å². The van der Waals surface area contributed by atoms with Gasteiger partial charge in [0.15, 0.2) is 0 Å². The van der Waals surface area contributed by atoms with Gasteiger partial charge < -0.3 is 14.9 Å². The van der Waals surface area contributed by atoms with Crippen LogP contribution in [0.3, 0.4) is 0 Å². The van der Waals surface area contributed by atoms with Crippen molar-refractivity contribution in [2.24, 2.45) is 5.92 Å². The Morgan fingerprint density at radius 2 is 2.10 bits per heavy atom. The summed E-state index contributed by atoms with van der Waals surface area (Å²) in [6.07, 6.45) is -0.832. The smallest absolute Gasteiger partial charge is 0.353 e. The first-order valence-corrected chi connectivity index (χ1v) is 10.9. The Balaban J connectivity index is 1.41. The fraction of sp³-hybridized carbons (Fsp3) is 0.389. The van der Waals surface area contributed by atoms with E-state index in [0.29, 0.717) is 15.8 Å². The van der Waals surface area contributed by atoms with E-state index in [2.05, 4.69) is 20.6 Å². The summed E-state index contributed by atoms with van der Waals surface area (Å²) >= 11 is 2.72. The molecule has 0 radical (unpaired) electrons. The zero-order chi connectivity index (χ0) is 21.4. The molecule has 3 heterocycles. The van der Waals surface area contributed by atoms with Gasteiger partial charge in [0.2, 0.25) is 11.1 Å². The van der Waals surface area contributed by atoms with Crippen LogP contribution < -0.4 is 4.74 Å². The number of nitrogens with one attached hydrogen (secondary N) is 1. The van der Waals surface area contributed by atoms with Crippen molar-refractivity contribution >= 4 is 35.4 Å². The van der Waals surface area contributed by atoms with Crippen molar-refractivity contribution in [3.05, 3.63) is 40.4 Å². The van der Waals surface area contributed by atoms with Gasteiger partial charge in [-0.3, -0.25) is 9.69 Å². The van der Waals surface area contributed by atoms with E-state index in [4.69, 9.17) is 4.74 Å². The summed E-state index contributed by atoms with van der Waals surface area (Å²) in [7, 11) is 0. The molecule has 12 heteroatoms. The van der Waals surface area contributed by atoms with E-state index < -0.39 is 23.4 Å². The van der Waals surface area contributed by atoms with E-state index in [9.17, 15) is 19.8 Å². The summed E-state index contributed by atoms with van der Waals surface area (Å²) in [6.45, 7) is 3.59. The highest BCUT2D eigenvalue weighted by Crippen LogP contribution is 2.50. The topological polar surface area (TPSA) is 142 Å². The van der Waals surface area contributed by atoms with Gasteiger partial charge in [0, 0.05) is 5.25 Å². The van der Waals surface area contributed by atoms with Gasteiger partial charge in [-0.25, -0.2) is 4.79 Å². The maximum Gasteiger partial charge on any atom is 0.353 e. The van der Waals surface area contributed by atoms with Crippen molar-refractivity contribution in [3.63, 3.8) is 0 Å². The molecule has 1 aromatic heterocycles. The Morgan fingerprint density at radius 1 is 1.37 bits per heavy atom. The number of aliphatic carboxylic acids is 1. The average molecular weight is 450 g/mol. The molecular formula is C18H19N5O5S2. The molecule has 0 aliphatic carbocycles. The third kappa shape index (κ3) is 3.77. The molecule has 2 aromatic rings. The molecule has 3 N–H and O–H groups in total. The summed E-state index contributed by atoms with van der Waals surface area (Å²) in [5.74, 6) is -1.56. The number of carboxylic acid groups (broad SMARTS) is 1.